The summed E-state index contributed by atoms with van der Waals surface area (Å²) in [5, 5.41) is 17.9. The molecule has 2 aromatic heterocycles. The highest BCUT2D eigenvalue weighted by Gasteiger charge is 2.16. The average Bonchev–Trinajstić information content (AvgIpc) is 2.95. The number of hydrogen-bond donors (Lipinski definition) is 2. The maximum atomic E-state index is 9.06. The molecule has 0 amide bonds. The number of nitrogens with two attached hydrogens (primary N) is 1. The summed E-state index contributed by atoms with van der Waals surface area (Å²) in [7, 11) is 0. The number of benzene rings is 1. The monoisotopic (exact) mass is 416 g/mol. The zero-order valence-electron chi connectivity index (χ0n) is 13.9. The Balaban J connectivity index is 1.92. The molecule has 0 bridgehead atoms. The van der Waals surface area contributed by atoms with Gasteiger partial charge in [-0.3, -0.25) is 4.57 Å². The first-order valence-electron chi connectivity index (χ1n) is 8.04. The Morgan fingerprint density at radius 2 is 2.12 bits per heavy atom. The lowest BCUT2D eigenvalue weighted by atomic mass is 10.1. The van der Waals surface area contributed by atoms with Gasteiger partial charge in [-0.15, -0.1) is 0 Å². The fourth-order valence-electron chi connectivity index (χ4n) is 2.48. The van der Waals surface area contributed by atoms with Gasteiger partial charge in [0.25, 0.3) is 0 Å². The van der Waals surface area contributed by atoms with E-state index in [1.165, 1.54) is 0 Å². The molecule has 9 heteroatoms. The van der Waals surface area contributed by atoms with Crippen LogP contribution in [-0.2, 0) is 6.54 Å². The molecular weight excluding hydrogens is 400 g/mol. The van der Waals surface area contributed by atoms with E-state index in [1.807, 2.05) is 22.8 Å². The molecule has 0 aliphatic heterocycles. The number of unbranched alkanes of at least 4 members (excludes halogenated alkanes) is 1. The molecule has 0 aliphatic rings. The molecule has 0 spiro atoms. The third-order valence-corrected chi connectivity index (χ3v) is 4.34. The van der Waals surface area contributed by atoms with Gasteiger partial charge in [0, 0.05) is 6.61 Å². The number of anilines is 1. The van der Waals surface area contributed by atoms with Crippen LogP contribution >= 0.6 is 15.9 Å². The number of aromatic nitrogens is 4. The average molecular weight is 417 g/mol. The zero-order chi connectivity index (χ0) is 18.5. The van der Waals surface area contributed by atoms with Crippen LogP contribution in [0.2, 0.25) is 0 Å². The molecule has 0 atom stereocenters. The van der Waals surface area contributed by atoms with Gasteiger partial charge in [-0.2, -0.15) is 15.2 Å². The van der Waals surface area contributed by atoms with Crippen molar-refractivity contribution >= 4 is 32.9 Å². The molecule has 3 N–H and O–H groups in total. The molecular formula is C17H17BrN6O2. The van der Waals surface area contributed by atoms with Gasteiger partial charge in [-0.1, -0.05) is 12.1 Å². The van der Waals surface area contributed by atoms with E-state index < -0.39 is 0 Å². The van der Waals surface area contributed by atoms with Crippen LogP contribution in [0.4, 0.5) is 5.82 Å². The molecule has 3 aromatic rings. The molecule has 3 rings (SSSR count). The van der Waals surface area contributed by atoms with E-state index in [4.69, 9.17) is 20.8 Å². The van der Waals surface area contributed by atoms with Crippen LogP contribution in [0.5, 0.6) is 6.01 Å². The Hall–Kier alpha value is -2.70. The Morgan fingerprint density at radius 1 is 1.27 bits per heavy atom. The topological polar surface area (TPSA) is 123 Å². The van der Waals surface area contributed by atoms with Gasteiger partial charge >= 0.3 is 6.01 Å². The second-order valence-corrected chi connectivity index (χ2v) is 6.33. The van der Waals surface area contributed by atoms with Crippen LogP contribution in [0, 0.1) is 11.3 Å². The van der Waals surface area contributed by atoms with Gasteiger partial charge in [0.1, 0.15) is 0 Å². The lowest BCUT2D eigenvalue weighted by Crippen LogP contribution is -2.07. The number of imidazole rings is 1. The summed E-state index contributed by atoms with van der Waals surface area (Å²) < 4.78 is 7.94. The van der Waals surface area contributed by atoms with Crippen molar-refractivity contribution in [3.05, 3.63) is 40.1 Å². The minimum Gasteiger partial charge on any atom is -0.463 e. The molecule has 0 saturated heterocycles. The predicted octanol–water partition coefficient (Wildman–Crippen LogP) is 2.24. The molecule has 0 radical (unpaired) electrons. The highest BCUT2D eigenvalue weighted by molar-refractivity contribution is 9.10. The third-order valence-electron chi connectivity index (χ3n) is 3.73. The molecule has 0 aliphatic carbocycles. The first kappa shape index (κ1) is 18.1. The smallest absolute Gasteiger partial charge is 0.320 e. The van der Waals surface area contributed by atoms with Crippen LogP contribution in [-0.4, -0.2) is 37.8 Å². The van der Waals surface area contributed by atoms with E-state index in [0.717, 1.165) is 5.56 Å². The standard InChI is InChI=1S/C17H17BrN6O2/c18-16-21-13-14(20)22-17(26-7-2-1-6-25)23-15(13)24(16)10-12-5-3-4-11(8-12)9-19/h3-5,8,25H,1-2,6-7,10H2,(H2,20,22,23). The predicted molar refractivity (Wildman–Crippen MR) is 99.5 cm³/mol. The lowest BCUT2D eigenvalue weighted by Gasteiger charge is -2.08. The molecule has 1 aromatic carbocycles. The summed E-state index contributed by atoms with van der Waals surface area (Å²) >= 11 is 3.43. The summed E-state index contributed by atoms with van der Waals surface area (Å²) in [5.41, 5.74) is 8.55. The fraction of sp³-hybridized carbons (Fsp3) is 0.294. The number of ether oxygens (including phenoxy) is 1. The van der Waals surface area contributed by atoms with Gasteiger partial charge < -0.3 is 15.6 Å². The number of fused-ring (bicyclic) bond motifs is 1. The SMILES string of the molecule is N#Cc1cccc(Cn2c(Br)nc3c(N)nc(OCCCCO)nc32)c1. The molecule has 8 nitrogen and oxygen atoms in total. The van der Waals surface area contributed by atoms with E-state index in [-0.39, 0.29) is 18.4 Å². The Bertz CT molecular complexity index is 966. The van der Waals surface area contributed by atoms with Crippen LogP contribution < -0.4 is 10.5 Å². The summed E-state index contributed by atoms with van der Waals surface area (Å²) in [6.45, 7) is 0.977. The number of aliphatic hydroxyl groups is 1. The zero-order valence-corrected chi connectivity index (χ0v) is 15.5. The van der Waals surface area contributed by atoms with Crippen molar-refractivity contribution in [1.82, 2.24) is 19.5 Å². The molecule has 2 heterocycles. The highest BCUT2D eigenvalue weighted by Crippen LogP contribution is 2.25. The maximum Gasteiger partial charge on any atom is 0.320 e. The van der Waals surface area contributed by atoms with Crippen molar-refractivity contribution in [3.8, 4) is 12.1 Å². The van der Waals surface area contributed by atoms with Gasteiger partial charge in [-0.25, -0.2) is 4.98 Å². The minimum absolute atomic E-state index is 0.118. The lowest BCUT2D eigenvalue weighted by molar-refractivity contribution is 0.244. The second kappa shape index (κ2) is 8.12. The summed E-state index contributed by atoms with van der Waals surface area (Å²) in [6, 6.07) is 9.63. The number of nitrogens with zero attached hydrogens (tertiary/aromatic N) is 5. The van der Waals surface area contributed by atoms with Crippen LogP contribution in [0.1, 0.15) is 24.0 Å². The van der Waals surface area contributed by atoms with Gasteiger partial charge in [0.15, 0.2) is 21.7 Å². The van der Waals surface area contributed by atoms with Gasteiger partial charge in [0.2, 0.25) is 0 Å². The van der Waals surface area contributed by atoms with E-state index in [1.54, 1.807) is 6.07 Å². The number of hydrogen-bond acceptors (Lipinski definition) is 7. The quantitative estimate of drug-likeness (QED) is 0.446. The van der Waals surface area contributed by atoms with Crippen molar-refractivity contribution in [1.29, 1.82) is 5.26 Å². The fourth-order valence-corrected chi connectivity index (χ4v) is 2.95. The van der Waals surface area contributed by atoms with Crippen LogP contribution in [0.25, 0.3) is 11.2 Å². The molecule has 134 valence electrons. The Labute approximate surface area is 158 Å². The van der Waals surface area contributed by atoms with Crippen LogP contribution in [0.15, 0.2) is 29.0 Å². The Kier molecular flexibility index (Phi) is 5.65. The van der Waals surface area contributed by atoms with E-state index >= 15 is 0 Å². The summed E-state index contributed by atoms with van der Waals surface area (Å²) in [6.07, 6.45) is 1.35. The maximum absolute atomic E-state index is 9.06. The summed E-state index contributed by atoms with van der Waals surface area (Å²) in [4.78, 5) is 12.9. The second-order valence-electron chi connectivity index (χ2n) is 5.62. The number of nitrogen functional groups attached to an aromatic ring is 1. The number of aliphatic hydroxyl groups excluding tert-OH is 1. The van der Waals surface area contributed by atoms with Crippen molar-refractivity contribution in [2.45, 2.75) is 19.4 Å². The first-order chi connectivity index (χ1) is 12.6. The van der Waals surface area contributed by atoms with Crippen molar-refractivity contribution in [2.24, 2.45) is 0 Å². The third kappa shape index (κ3) is 3.92. The number of nitriles is 1. The van der Waals surface area contributed by atoms with E-state index in [2.05, 4.69) is 37.0 Å². The van der Waals surface area contributed by atoms with Crippen molar-refractivity contribution in [2.75, 3.05) is 18.9 Å². The van der Waals surface area contributed by atoms with Crippen molar-refractivity contribution in [3.63, 3.8) is 0 Å². The van der Waals surface area contributed by atoms with Crippen molar-refractivity contribution < 1.29 is 9.84 Å². The highest BCUT2D eigenvalue weighted by atomic mass is 79.9. The molecule has 0 fully saturated rings. The molecule has 0 unspecified atom stereocenters. The van der Waals surface area contributed by atoms with Gasteiger partial charge in [0.05, 0.1) is 24.8 Å². The number of halogens is 1. The van der Waals surface area contributed by atoms with Crippen LogP contribution in [0.3, 0.4) is 0 Å². The minimum atomic E-state index is 0.118. The van der Waals surface area contributed by atoms with E-state index in [9.17, 15) is 0 Å². The van der Waals surface area contributed by atoms with Gasteiger partial charge in [-0.05, 0) is 46.5 Å². The Morgan fingerprint density at radius 3 is 2.88 bits per heavy atom. The first-order valence-corrected chi connectivity index (χ1v) is 8.83. The number of rotatable bonds is 7. The van der Waals surface area contributed by atoms with E-state index in [0.29, 0.717) is 47.5 Å². The molecule has 0 saturated carbocycles. The normalized spacial score (nSPS) is 10.8. The largest absolute Gasteiger partial charge is 0.463 e. The summed E-state index contributed by atoms with van der Waals surface area (Å²) in [5.74, 6) is 0.234. The molecule has 26 heavy (non-hydrogen) atoms.